The zero-order valence-corrected chi connectivity index (χ0v) is 20.0. The first-order valence-electron chi connectivity index (χ1n) is 10.1. The molecule has 1 aliphatic heterocycles. The Kier molecular flexibility index (Phi) is 7.19. The first kappa shape index (κ1) is 23.1. The van der Waals surface area contributed by atoms with Crippen LogP contribution in [0.3, 0.4) is 0 Å². The van der Waals surface area contributed by atoms with E-state index >= 15 is 0 Å². The van der Waals surface area contributed by atoms with Gasteiger partial charge in [0.2, 0.25) is 6.29 Å². The molecule has 1 aromatic carbocycles. The van der Waals surface area contributed by atoms with Crippen molar-refractivity contribution in [2.24, 2.45) is 0 Å². The topological polar surface area (TPSA) is 36.9 Å². The largest absolute Gasteiger partial charge is 0.461 e. The van der Waals surface area contributed by atoms with Gasteiger partial charge < -0.3 is 18.6 Å². The van der Waals surface area contributed by atoms with E-state index in [2.05, 4.69) is 66.8 Å². The third-order valence-corrected chi connectivity index (χ3v) is 10.3. The monoisotopic (exact) mass is 406 g/mol. The average molecular weight is 407 g/mol. The van der Waals surface area contributed by atoms with Gasteiger partial charge in [-0.1, -0.05) is 59.8 Å². The predicted octanol–water partition coefficient (Wildman–Crippen LogP) is 5.68. The molecule has 0 bridgehead atoms. The summed E-state index contributed by atoms with van der Waals surface area (Å²) in [7, 11) is -0.154. The van der Waals surface area contributed by atoms with Gasteiger partial charge in [0.15, 0.2) is 8.32 Å². The van der Waals surface area contributed by atoms with Gasteiger partial charge in [-0.3, -0.25) is 0 Å². The molecule has 5 heteroatoms. The molecular weight excluding hydrogens is 368 g/mol. The summed E-state index contributed by atoms with van der Waals surface area (Å²) in [5, 5.41) is 0.158. The molecule has 158 valence electrons. The first-order chi connectivity index (χ1) is 12.8. The Morgan fingerprint density at radius 2 is 1.57 bits per heavy atom. The molecule has 2 rings (SSSR count). The fourth-order valence-electron chi connectivity index (χ4n) is 2.73. The Balaban J connectivity index is 2.02. The molecule has 4 nitrogen and oxygen atoms in total. The van der Waals surface area contributed by atoms with Gasteiger partial charge >= 0.3 is 0 Å². The molecule has 28 heavy (non-hydrogen) atoms. The third kappa shape index (κ3) is 5.93. The number of hydrogen-bond acceptors (Lipinski definition) is 4. The van der Waals surface area contributed by atoms with Crippen LogP contribution >= 0.6 is 0 Å². The Morgan fingerprint density at radius 1 is 0.964 bits per heavy atom. The number of benzene rings is 1. The van der Waals surface area contributed by atoms with Crippen molar-refractivity contribution < 1.29 is 18.6 Å². The van der Waals surface area contributed by atoms with E-state index in [1.165, 1.54) is 5.56 Å². The van der Waals surface area contributed by atoms with Crippen molar-refractivity contribution in [1.82, 2.24) is 0 Å². The lowest BCUT2D eigenvalue weighted by Crippen LogP contribution is -2.47. The summed E-state index contributed by atoms with van der Waals surface area (Å²) in [5.41, 5.74) is 1.40. The molecule has 0 spiro atoms. The maximum absolute atomic E-state index is 6.36. The van der Waals surface area contributed by atoms with Crippen LogP contribution in [0.2, 0.25) is 18.1 Å². The van der Waals surface area contributed by atoms with Crippen molar-refractivity contribution in [3.05, 3.63) is 42.0 Å². The molecule has 0 N–H and O–H groups in total. The Bertz CT molecular complexity index is 653. The van der Waals surface area contributed by atoms with Crippen molar-refractivity contribution in [2.75, 3.05) is 13.7 Å². The molecule has 0 aliphatic carbocycles. The normalized spacial score (nSPS) is 23.7. The standard InChI is InChI=1S/C23H38O4Si/c1-22(2,3)17-10-12-18(13-11-17)26-21-15-14-19(24-7)20(27-21)16-25-28(8,9)23(4,5)6/h10-15,19-21H,16H2,1-9H3/t19-,20-,21+/m1/s1. The van der Waals surface area contributed by atoms with Gasteiger partial charge in [0.1, 0.15) is 18.0 Å². The van der Waals surface area contributed by atoms with Gasteiger partial charge in [-0.25, -0.2) is 0 Å². The minimum atomic E-state index is -1.85. The zero-order chi connectivity index (χ0) is 21.2. The van der Waals surface area contributed by atoms with Crippen LogP contribution in [0, 0.1) is 0 Å². The van der Waals surface area contributed by atoms with Crippen LogP contribution in [0.4, 0.5) is 0 Å². The van der Waals surface area contributed by atoms with Crippen molar-refractivity contribution in [1.29, 1.82) is 0 Å². The van der Waals surface area contributed by atoms with Crippen molar-refractivity contribution in [2.45, 2.75) is 83.6 Å². The summed E-state index contributed by atoms with van der Waals surface area (Å²) in [4.78, 5) is 0. The Morgan fingerprint density at radius 3 is 2.07 bits per heavy atom. The number of rotatable bonds is 6. The Labute approximate surface area is 172 Å². The third-order valence-electron chi connectivity index (χ3n) is 5.79. The SMILES string of the molecule is CO[C@@H]1C=C[C@@H](Oc2ccc(C(C)(C)C)cc2)O[C@@H]1CO[Si](C)(C)C(C)(C)C. The first-order valence-corrected chi connectivity index (χ1v) is 13.0. The minimum Gasteiger partial charge on any atom is -0.461 e. The number of methoxy groups -OCH3 is 1. The molecule has 1 heterocycles. The predicted molar refractivity (Wildman–Crippen MR) is 118 cm³/mol. The second kappa shape index (κ2) is 8.70. The van der Waals surface area contributed by atoms with E-state index in [0.29, 0.717) is 6.61 Å². The van der Waals surface area contributed by atoms with Gasteiger partial charge in [0, 0.05) is 7.11 Å². The summed E-state index contributed by atoms with van der Waals surface area (Å²) >= 11 is 0. The van der Waals surface area contributed by atoms with E-state index in [0.717, 1.165) is 5.75 Å². The minimum absolute atomic E-state index is 0.123. The molecule has 0 radical (unpaired) electrons. The van der Waals surface area contributed by atoms with E-state index in [1.807, 2.05) is 24.3 Å². The number of hydrogen-bond donors (Lipinski definition) is 0. The maximum Gasteiger partial charge on any atom is 0.220 e. The molecule has 0 saturated heterocycles. The van der Waals surface area contributed by atoms with Crippen LogP contribution in [0.15, 0.2) is 36.4 Å². The van der Waals surface area contributed by atoms with Crippen molar-refractivity contribution in [3.63, 3.8) is 0 Å². The molecule has 3 atom stereocenters. The molecule has 0 amide bonds. The highest BCUT2D eigenvalue weighted by atomic mass is 28.4. The lowest BCUT2D eigenvalue weighted by atomic mass is 9.87. The molecule has 1 aromatic rings. The van der Waals surface area contributed by atoms with Crippen LogP contribution in [0.25, 0.3) is 0 Å². The second-order valence-electron chi connectivity index (χ2n) is 10.1. The molecule has 1 aliphatic rings. The molecule has 0 aromatic heterocycles. The fraction of sp³-hybridized carbons (Fsp3) is 0.652. The lowest BCUT2D eigenvalue weighted by molar-refractivity contribution is -0.147. The second-order valence-corrected chi connectivity index (χ2v) is 14.9. The zero-order valence-electron chi connectivity index (χ0n) is 19.0. The van der Waals surface area contributed by atoms with Crippen LogP contribution in [-0.4, -0.2) is 40.5 Å². The lowest BCUT2D eigenvalue weighted by Gasteiger charge is -2.39. The molecule has 0 unspecified atom stereocenters. The van der Waals surface area contributed by atoms with Gasteiger partial charge in [0.25, 0.3) is 0 Å². The van der Waals surface area contributed by atoms with Gasteiger partial charge in [-0.05, 0) is 47.3 Å². The smallest absolute Gasteiger partial charge is 0.220 e. The highest BCUT2D eigenvalue weighted by Gasteiger charge is 2.39. The quantitative estimate of drug-likeness (QED) is 0.450. The van der Waals surface area contributed by atoms with Gasteiger partial charge in [-0.15, -0.1) is 0 Å². The maximum atomic E-state index is 6.36. The van der Waals surface area contributed by atoms with E-state index in [1.54, 1.807) is 7.11 Å². The summed E-state index contributed by atoms with van der Waals surface area (Å²) < 4.78 is 24.1. The summed E-state index contributed by atoms with van der Waals surface area (Å²) in [6.45, 7) is 18.3. The highest BCUT2D eigenvalue weighted by molar-refractivity contribution is 6.74. The van der Waals surface area contributed by atoms with Crippen LogP contribution in [0.5, 0.6) is 5.75 Å². The van der Waals surface area contributed by atoms with E-state index in [9.17, 15) is 0 Å². The Hall–Kier alpha value is -1.14. The summed E-state index contributed by atoms with van der Waals surface area (Å²) in [6.07, 6.45) is 3.15. The summed E-state index contributed by atoms with van der Waals surface area (Å²) in [6, 6.07) is 8.22. The molecule has 0 fully saturated rings. The van der Waals surface area contributed by atoms with Gasteiger partial charge in [-0.2, -0.15) is 0 Å². The van der Waals surface area contributed by atoms with Crippen LogP contribution in [0.1, 0.15) is 47.1 Å². The van der Waals surface area contributed by atoms with Crippen LogP contribution in [-0.2, 0) is 19.3 Å². The molecular formula is C23H38O4Si. The van der Waals surface area contributed by atoms with Crippen molar-refractivity contribution in [3.8, 4) is 5.75 Å². The van der Waals surface area contributed by atoms with E-state index in [-0.39, 0.29) is 22.7 Å². The van der Waals surface area contributed by atoms with Crippen LogP contribution < -0.4 is 4.74 Å². The highest BCUT2D eigenvalue weighted by Crippen LogP contribution is 2.37. The van der Waals surface area contributed by atoms with Gasteiger partial charge in [0.05, 0.1) is 6.61 Å². The summed E-state index contributed by atoms with van der Waals surface area (Å²) in [5.74, 6) is 0.794. The average Bonchev–Trinajstić information content (AvgIpc) is 2.59. The van der Waals surface area contributed by atoms with Crippen molar-refractivity contribution >= 4 is 8.32 Å². The fourth-order valence-corrected chi connectivity index (χ4v) is 3.74. The molecule has 0 saturated carbocycles. The van der Waals surface area contributed by atoms with E-state index in [4.69, 9.17) is 18.6 Å². The number of ether oxygens (including phenoxy) is 3. The van der Waals surface area contributed by atoms with E-state index < -0.39 is 14.6 Å².